The molecule has 5 aromatic rings. The summed E-state index contributed by atoms with van der Waals surface area (Å²) in [4.78, 5) is 31.7. The Morgan fingerprint density at radius 3 is 2.38 bits per heavy atom. The number of nitrogens with one attached hydrogen (secondary N) is 1. The van der Waals surface area contributed by atoms with E-state index in [-0.39, 0.29) is 17.2 Å². The van der Waals surface area contributed by atoms with E-state index in [0.29, 0.717) is 48.1 Å². The molecule has 2 heterocycles. The zero-order chi connectivity index (χ0) is 28.2. The lowest BCUT2D eigenvalue weighted by molar-refractivity contribution is -0.113. The molecule has 12 heteroatoms. The van der Waals surface area contributed by atoms with Crippen molar-refractivity contribution in [1.82, 2.24) is 14.1 Å². The number of hydrogen-bond donors (Lipinski definition) is 1. The van der Waals surface area contributed by atoms with Gasteiger partial charge in [0.1, 0.15) is 21.9 Å². The molecule has 9 nitrogen and oxygen atoms in total. The summed E-state index contributed by atoms with van der Waals surface area (Å²) in [7, 11) is 4.66. The number of nitrogens with zero attached hydrogens (tertiary/aromatic N) is 3. The van der Waals surface area contributed by atoms with E-state index in [4.69, 9.17) is 31.4 Å². The number of aromatic nitrogens is 3. The first-order valence-electron chi connectivity index (χ1n) is 12.0. The standard InChI is InChI=1S/C28H24N4O5S3/c1-35-19-11-7-10-18(14-19)31-25-24(40-28(31)38)26(34)32(17-8-5-4-6-9-17)27(30-25)39-16-23(33)29-21-13-12-20(36-2)15-22(21)37-3/h4-15H,16H2,1-3H3,(H,29,33). The zero-order valence-electron chi connectivity index (χ0n) is 21.7. The Bertz CT molecular complexity index is 1820. The van der Waals surface area contributed by atoms with Gasteiger partial charge in [0, 0.05) is 12.1 Å². The van der Waals surface area contributed by atoms with Gasteiger partial charge in [-0.1, -0.05) is 47.4 Å². The van der Waals surface area contributed by atoms with Crippen molar-refractivity contribution in [3.63, 3.8) is 0 Å². The van der Waals surface area contributed by atoms with Crippen molar-refractivity contribution in [3.8, 4) is 28.6 Å². The first-order chi connectivity index (χ1) is 19.4. The molecule has 0 unspecified atom stereocenters. The first kappa shape index (κ1) is 27.4. The highest BCUT2D eigenvalue weighted by molar-refractivity contribution is 7.99. The van der Waals surface area contributed by atoms with Crippen molar-refractivity contribution in [1.29, 1.82) is 0 Å². The molecule has 204 valence electrons. The highest BCUT2D eigenvalue weighted by Crippen LogP contribution is 2.31. The SMILES string of the molecule is COc1cccc(-n2c(=S)sc3c(=O)n(-c4ccccc4)c(SCC(=O)Nc4ccc(OC)cc4OC)nc32)c1. The fourth-order valence-corrected chi connectivity index (χ4v) is 6.14. The summed E-state index contributed by atoms with van der Waals surface area (Å²) < 4.78 is 20.1. The van der Waals surface area contributed by atoms with Gasteiger partial charge in [-0.05, 0) is 48.6 Å². The number of amides is 1. The van der Waals surface area contributed by atoms with Crippen LogP contribution in [-0.2, 0) is 4.79 Å². The van der Waals surface area contributed by atoms with Crippen molar-refractivity contribution >= 4 is 57.3 Å². The summed E-state index contributed by atoms with van der Waals surface area (Å²) in [6.07, 6.45) is 0. The molecule has 2 aromatic heterocycles. The number of carbonyl (C=O) groups is 1. The number of fused-ring (bicyclic) bond motifs is 1. The van der Waals surface area contributed by atoms with Crippen molar-refractivity contribution in [2.24, 2.45) is 0 Å². The first-order valence-corrected chi connectivity index (χ1v) is 14.2. The summed E-state index contributed by atoms with van der Waals surface area (Å²) >= 11 is 8.00. The molecule has 3 aromatic carbocycles. The molecule has 1 N–H and O–H groups in total. The molecular weight excluding hydrogens is 569 g/mol. The van der Waals surface area contributed by atoms with Gasteiger partial charge in [-0.15, -0.1) is 0 Å². The Hall–Kier alpha value is -4.13. The van der Waals surface area contributed by atoms with Gasteiger partial charge in [0.05, 0.1) is 44.1 Å². The smallest absolute Gasteiger partial charge is 0.278 e. The number of thioether (sulfide) groups is 1. The number of methoxy groups -OCH3 is 3. The van der Waals surface area contributed by atoms with Gasteiger partial charge in [0.15, 0.2) is 14.8 Å². The predicted molar refractivity (Wildman–Crippen MR) is 161 cm³/mol. The second-order valence-electron chi connectivity index (χ2n) is 8.33. The van der Waals surface area contributed by atoms with Crippen LogP contribution in [0.15, 0.2) is 82.7 Å². The Kier molecular flexibility index (Phi) is 8.19. The highest BCUT2D eigenvalue weighted by Gasteiger charge is 2.20. The van der Waals surface area contributed by atoms with Crippen molar-refractivity contribution in [3.05, 3.63) is 87.1 Å². The number of ether oxygens (including phenoxy) is 3. The number of carbonyl (C=O) groups excluding carboxylic acids is 1. The van der Waals surface area contributed by atoms with Gasteiger partial charge in [0.2, 0.25) is 5.91 Å². The van der Waals surface area contributed by atoms with Crippen molar-refractivity contribution in [2.45, 2.75) is 5.16 Å². The minimum atomic E-state index is -0.294. The molecule has 0 saturated carbocycles. The Morgan fingerprint density at radius 2 is 1.65 bits per heavy atom. The molecule has 0 spiro atoms. The van der Waals surface area contributed by atoms with Crippen LogP contribution in [0.3, 0.4) is 0 Å². The quantitative estimate of drug-likeness (QED) is 0.132. The second-order valence-corrected chi connectivity index (χ2v) is 10.9. The Labute approximate surface area is 243 Å². The lowest BCUT2D eigenvalue weighted by Gasteiger charge is -2.14. The molecular formula is C28H24N4O5S3. The molecule has 0 fully saturated rings. The molecule has 0 bridgehead atoms. The van der Waals surface area contributed by atoms with Gasteiger partial charge in [-0.3, -0.25) is 18.7 Å². The predicted octanol–water partition coefficient (Wildman–Crippen LogP) is 5.72. The summed E-state index contributed by atoms with van der Waals surface area (Å²) in [5, 5.41) is 3.21. The van der Waals surface area contributed by atoms with E-state index < -0.39 is 0 Å². The molecule has 0 radical (unpaired) electrons. The van der Waals surface area contributed by atoms with Crippen molar-refractivity contribution in [2.75, 3.05) is 32.4 Å². The zero-order valence-corrected chi connectivity index (χ0v) is 24.2. The monoisotopic (exact) mass is 592 g/mol. The number of hydrogen-bond acceptors (Lipinski definition) is 9. The lowest BCUT2D eigenvalue weighted by Crippen LogP contribution is -2.22. The van der Waals surface area contributed by atoms with Crippen LogP contribution in [0.4, 0.5) is 5.69 Å². The third-order valence-electron chi connectivity index (χ3n) is 5.92. The van der Waals surface area contributed by atoms with Crippen LogP contribution in [0, 0.1) is 3.95 Å². The Morgan fingerprint density at radius 1 is 0.925 bits per heavy atom. The van der Waals surface area contributed by atoms with Crippen LogP contribution in [0.25, 0.3) is 21.7 Å². The molecule has 40 heavy (non-hydrogen) atoms. The van der Waals surface area contributed by atoms with E-state index in [1.807, 2.05) is 54.6 Å². The fourth-order valence-electron chi connectivity index (χ4n) is 4.03. The van der Waals surface area contributed by atoms with E-state index >= 15 is 0 Å². The molecule has 5 rings (SSSR count). The van der Waals surface area contributed by atoms with Crippen LogP contribution >= 0.6 is 35.3 Å². The normalized spacial score (nSPS) is 10.9. The van der Waals surface area contributed by atoms with Crippen LogP contribution in [-0.4, -0.2) is 47.1 Å². The summed E-state index contributed by atoms with van der Waals surface area (Å²) in [6, 6.07) is 21.7. The van der Waals surface area contributed by atoms with Crippen LogP contribution in [0.2, 0.25) is 0 Å². The van der Waals surface area contributed by atoms with Gasteiger partial charge in [0.25, 0.3) is 5.56 Å². The summed E-state index contributed by atoms with van der Waals surface area (Å²) in [5.74, 6) is 1.42. The third-order valence-corrected chi connectivity index (χ3v) is 8.21. The minimum absolute atomic E-state index is 0.00993. The number of rotatable bonds is 9. The fraction of sp³-hybridized carbons (Fsp3) is 0.143. The van der Waals surface area contributed by atoms with Gasteiger partial charge in [-0.2, -0.15) is 0 Å². The number of anilines is 1. The van der Waals surface area contributed by atoms with E-state index in [9.17, 15) is 9.59 Å². The Balaban J connectivity index is 1.55. The number of thiazole rings is 1. The van der Waals surface area contributed by atoms with Gasteiger partial charge < -0.3 is 19.5 Å². The topological polar surface area (TPSA) is 96.6 Å². The highest BCUT2D eigenvalue weighted by atomic mass is 32.2. The van der Waals surface area contributed by atoms with E-state index in [0.717, 1.165) is 17.4 Å². The number of para-hydroxylation sites is 1. The van der Waals surface area contributed by atoms with E-state index in [1.54, 1.807) is 37.0 Å². The largest absolute Gasteiger partial charge is 0.497 e. The van der Waals surface area contributed by atoms with E-state index in [1.165, 1.54) is 23.0 Å². The van der Waals surface area contributed by atoms with Gasteiger partial charge >= 0.3 is 0 Å². The van der Waals surface area contributed by atoms with Crippen LogP contribution in [0.5, 0.6) is 17.2 Å². The van der Waals surface area contributed by atoms with Gasteiger partial charge in [-0.25, -0.2) is 4.98 Å². The van der Waals surface area contributed by atoms with Crippen molar-refractivity contribution < 1.29 is 19.0 Å². The second kappa shape index (κ2) is 11.9. The summed E-state index contributed by atoms with van der Waals surface area (Å²) in [6.45, 7) is 0. The molecule has 0 saturated heterocycles. The number of benzene rings is 3. The molecule has 0 aliphatic rings. The molecule has 1 amide bonds. The third kappa shape index (κ3) is 5.46. The average Bonchev–Trinajstić information content (AvgIpc) is 3.32. The van der Waals surface area contributed by atoms with Crippen LogP contribution < -0.4 is 25.1 Å². The molecule has 0 aliphatic carbocycles. The molecule has 0 atom stereocenters. The maximum atomic E-state index is 13.9. The molecule has 0 aliphatic heterocycles. The summed E-state index contributed by atoms with van der Waals surface area (Å²) in [5.41, 5.74) is 2.00. The maximum Gasteiger partial charge on any atom is 0.278 e. The average molecular weight is 593 g/mol. The van der Waals surface area contributed by atoms with Crippen LogP contribution in [0.1, 0.15) is 0 Å². The van der Waals surface area contributed by atoms with E-state index in [2.05, 4.69) is 5.32 Å². The maximum absolute atomic E-state index is 13.9. The minimum Gasteiger partial charge on any atom is -0.497 e. The lowest BCUT2D eigenvalue weighted by atomic mass is 10.2.